The van der Waals surface area contributed by atoms with Gasteiger partial charge in [0, 0.05) is 6.42 Å². The molecule has 0 saturated carbocycles. The molecule has 6 heteroatoms. The van der Waals surface area contributed by atoms with Crippen LogP contribution in [0.1, 0.15) is 64.2 Å². The Morgan fingerprint density at radius 3 is 2.24 bits per heavy atom. The van der Waals surface area contributed by atoms with E-state index in [0.29, 0.717) is 6.61 Å². The maximum atomic E-state index is 12.4. The Kier molecular flexibility index (Phi) is 11.8. The highest BCUT2D eigenvalue weighted by atomic mass is 28.4. The summed E-state index contributed by atoms with van der Waals surface area (Å²) in [4.78, 5) is 12.4. The van der Waals surface area contributed by atoms with Crippen molar-refractivity contribution in [2.24, 2.45) is 5.92 Å². The third-order valence-electron chi connectivity index (χ3n) is 5.03. The van der Waals surface area contributed by atoms with Gasteiger partial charge in [-0.25, -0.2) is 0 Å². The van der Waals surface area contributed by atoms with Gasteiger partial charge in [-0.15, -0.1) is 12.3 Å². The Bertz CT molecular complexity index is 516. The molecule has 0 aromatic heterocycles. The van der Waals surface area contributed by atoms with Crippen molar-refractivity contribution < 1.29 is 18.4 Å². The van der Waals surface area contributed by atoms with Gasteiger partial charge >= 0.3 is 5.97 Å². The first kappa shape index (κ1) is 26.4. The van der Waals surface area contributed by atoms with Gasteiger partial charge < -0.3 is 13.6 Å². The molecule has 1 aliphatic heterocycles. The van der Waals surface area contributed by atoms with Crippen LogP contribution in [0.3, 0.4) is 0 Å². The minimum Gasteiger partial charge on any atom is -0.462 e. The number of hydrogen-bond donors (Lipinski definition) is 0. The number of terminal acetylenes is 1. The average molecular weight is 441 g/mol. The Labute approximate surface area is 181 Å². The Hall–Kier alpha value is -0.616. The van der Waals surface area contributed by atoms with E-state index in [1.807, 2.05) is 0 Å². The molecule has 0 aromatic rings. The molecule has 0 spiro atoms. The maximum absolute atomic E-state index is 12.4. The molecule has 1 heterocycles. The van der Waals surface area contributed by atoms with Crippen LogP contribution in [0.5, 0.6) is 0 Å². The largest absolute Gasteiger partial charge is 0.462 e. The molecule has 168 valence electrons. The quantitative estimate of drug-likeness (QED) is 0.133. The Balaban J connectivity index is 2.37. The molecule has 3 atom stereocenters. The highest BCUT2D eigenvalue weighted by Crippen LogP contribution is 2.30. The molecule has 1 rings (SSSR count). The molecule has 1 aliphatic rings. The molecule has 1 fully saturated rings. The second kappa shape index (κ2) is 12.9. The molecule has 0 radical (unpaired) electrons. The lowest BCUT2D eigenvalue weighted by atomic mass is 9.96. The highest BCUT2D eigenvalue weighted by molar-refractivity contribution is 6.70. The first-order valence-electron chi connectivity index (χ1n) is 11.5. The van der Waals surface area contributed by atoms with Crippen molar-refractivity contribution in [2.45, 2.75) is 116 Å². The van der Waals surface area contributed by atoms with Crippen molar-refractivity contribution in [3.63, 3.8) is 0 Å². The number of hydrogen-bond acceptors (Lipinski definition) is 4. The fraction of sp³-hybridized carbons (Fsp3) is 0.870. The summed E-state index contributed by atoms with van der Waals surface area (Å²) in [7, 11) is -3.31. The van der Waals surface area contributed by atoms with Crippen LogP contribution in [0.2, 0.25) is 39.3 Å². The summed E-state index contributed by atoms with van der Waals surface area (Å²) in [6, 6.07) is 0. The number of unbranched alkanes of at least 4 members (excludes halogenated alkanes) is 6. The van der Waals surface area contributed by atoms with Crippen LogP contribution >= 0.6 is 0 Å². The van der Waals surface area contributed by atoms with Crippen molar-refractivity contribution in [1.82, 2.24) is 0 Å². The summed E-state index contributed by atoms with van der Waals surface area (Å²) >= 11 is 0. The number of cyclic esters (lactones) is 1. The van der Waals surface area contributed by atoms with Gasteiger partial charge in [-0.2, -0.15) is 0 Å². The summed E-state index contributed by atoms with van der Waals surface area (Å²) in [5.41, 5.74) is 0. The minimum atomic E-state index is -1.70. The van der Waals surface area contributed by atoms with E-state index in [2.05, 4.69) is 45.2 Å². The summed E-state index contributed by atoms with van der Waals surface area (Å²) in [5, 5.41) is 0. The summed E-state index contributed by atoms with van der Waals surface area (Å²) in [5.74, 6) is 2.61. The smallest absolute Gasteiger partial charge is 0.309 e. The molecule has 0 aromatic carbocycles. The summed E-state index contributed by atoms with van der Waals surface area (Å²) in [6.07, 6.45) is 16.0. The monoisotopic (exact) mass is 440 g/mol. The summed E-state index contributed by atoms with van der Waals surface area (Å²) < 4.78 is 18.1. The molecular weight excluding hydrogens is 396 g/mol. The second-order valence-corrected chi connectivity index (χ2v) is 19.3. The van der Waals surface area contributed by atoms with Crippen LogP contribution in [0, 0.1) is 18.3 Å². The predicted octanol–water partition coefficient (Wildman–Crippen LogP) is 6.13. The predicted molar refractivity (Wildman–Crippen MR) is 126 cm³/mol. The molecule has 4 nitrogen and oxygen atoms in total. The van der Waals surface area contributed by atoms with Crippen molar-refractivity contribution >= 4 is 22.6 Å². The maximum Gasteiger partial charge on any atom is 0.309 e. The fourth-order valence-electron chi connectivity index (χ4n) is 3.71. The van der Waals surface area contributed by atoms with E-state index >= 15 is 0 Å². The van der Waals surface area contributed by atoms with Crippen LogP contribution in [0.4, 0.5) is 0 Å². The van der Waals surface area contributed by atoms with Gasteiger partial charge in [0.15, 0.2) is 16.6 Å². The van der Waals surface area contributed by atoms with Crippen LogP contribution in [-0.2, 0) is 18.4 Å². The van der Waals surface area contributed by atoms with Crippen molar-refractivity contribution in [3.05, 3.63) is 0 Å². The van der Waals surface area contributed by atoms with Gasteiger partial charge in [0.2, 0.25) is 0 Å². The third-order valence-corrected chi connectivity index (χ3v) is 7.10. The van der Waals surface area contributed by atoms with E-state index in [9.17, 15) is 4.79 Å². The molecule has 1 saturated heterocycles. The van der Waals surface area contributed by atoms with E-state index in [0.717, 1.165) is 38.5 Å². The van der Waals surface area contributed by atoms with Gasteiger partial charge in [0.05, 0.1) is 18.6 Å². The van der Waals surface area contributed by atoms with E-state index in [4.69, 9.17) is 20.0 Å². The lowest BCUT2D eigenvalue weighted by Crippen LogP contribution is -2.39. The molecule has 0 aliphatic carbocycles. The third kappa shape index (κ3) is 13.3. The first-order chi connectivity index (χ1) is 13.5. The van der Waals surface area contributed by atoms with E-state index < -0.39 is 16.6 Å². The van der Waals surface area contributed by atoms with Gasteiger partial charge in [-0.05, 0) is 71.4 Å². The zero-order valence-electron chi connectivity index (χ0n) is 19.7. The molecule has 29 heavy (non-hydrogen) atoms. The molecular formula is C23H44O4Si2. The van der Waals surface area contributed by atoms with Crippen LogP contribution in [0.25, 0.3) is 0 Å². The lowest BCUT2D eigenvalue weighted by Gasteiger charge is -2.30. The minimum absolute atomic E-state index is 0.00676. The number of esters is 1. The highest BCUT2D eigenvalue weighted by Gasteiger charge is 2.37. The Morgan fingerprint density at radius 2 is 1.66 bits per heavy atom. The van der Waals surface area contributed by atoms with Crippen molar-refractivity contribution in [2.75, 3.05) is 6.61 Å². The van der Waals surface area contributed by atoms with Crippen LogP contribution < -0.4 is 0 Å². The SMILES string of the molecule is C#CCCCCCCCCC1CC(CC(CO[Si](C)(C)C)O[Si](C)(C)C)C(=O)O1. The molecule has 0 bridgehead atoms. The number of carbonyl (C=O) groups is 1. The van der Waals surface area contributed by atoms with Crippen LogP contribution in [-0.4, -0.2) is 41.4 Å². The van der Waals surface area contributed by atoms with E-state index in [1.165, 1.54) is 25.7 Å². The zero-order valence-corrected chi connectivity index (χ0v) is 21.7. The van der Waals surface area contributed by atoms with Gasteiger partial charge in [0.1, 0.15) is 6.10 Å². The molecule has 3 unspecified atom stereocenters. The van der Waals surface area contributed by atoms with Gasteiger partial charge in [-0.1, -0.05) is 25.7 Å². The standard InChI is InChI=1S/C23H44O4Si2/c1-8-9-10-11-12-13-14-15-16-21-17-20(23(24)26-21)18-22(27-29(5,6)7)19-25-28(2,3)4/h1,20-22H,9-19H2,2-7H3. The number of ether oxygens (including phenoxy) is 1. The number of carbonyl (C=O) groups excluding carboxylic acids is 1. The Morgan fingerprint density at radius 1 is 1.03 bits per heavy atom. The van der Waals surface area contributed by atoms with Crippen molar-refractivity contribution in [3.8, 4) is 12.3 Å². The normalized spacial score (nSPS) is 21.1. The molecule has 0 amide bonds. The lowest BCUT2D eigenvalue weighted by molar-refractivity contribution is -0.145. The fourth-order valence-corrected chi connectivity index (χ4v) is 5.56. The van der Waals surface area contributed by atoms with Gasteiger partial charge in [-0.3, -0.25) is 4.79 Å². The van der Waals surface area contributed by atoms with E-state index in [1.54, 1.807) is 0 Å². The van der Waals surface area contributed by atoms with Crippen molar-refractivity contribution in [1.29, 1.82) is 0 Å². The first-order valence-corrected chi connectivity index (χ1v) is 18.3. The van der Waals surface area contributed by atoms with E-state index in [-0.39, 0.29) is 24.1 Å². The van der Waals surface area contributed by atoms with Crippen LogP contribution in [0.15, 0.2) is 0 Å². The average Bonchev–Trinajstić information content (AvgIpc) is 2.93. The summed E-state index contributed by atoms with van der Waals surface area (Å²) in [6.45, 7) is 13.7. The second-order valence-electron chi connectivity index (χ2n) is 10.4. The molecule has 0 N–H and O–H groups in total. The van der Waals surface area contributed by atoms with Gasteiger partial charge in [0.25, 0.3) is 0 Å². The zero-order chi connectivity index (χ0) is 21.9. The topological polar surface area (TPSA) is 44.8 Å². The number of rotatable bonds is 15.